The molecule has 0 aliphatic heterocycles. The van der Waals surface area contributed by atoms with Gasteiger partial charge in [-0.1, -0.05) is 30.0 Å². The standard InChI is InChI=1S/C13H13N5S/c1-18-12(14)16-17-13(18)19-8-9-6-7-15-11-5-3-2-4-10(9)11/h2-7H,8H2,1H3,(H2,14,16). The Balaban J connectivity index is 1.88. The molecule has 0 bridgehead atoms. The number of aromatic nitrogens is 4. The molecule has 2 N–H and O–H groups in total. The van der Waals surface area contributed by atoms with Gasteiger partial charge in [0.25, 0.3) is 0 Å². The van der Waals surface area contributed by atoms with E-state index in [-0.39, 0.29) is 0 Å². The summed E-state index contributed by atoms with van der Waals surface area (Å²) in [4.78, 5) is 4.36. The number of thioether (sulfide) groups is 1. The van der Waals surface area contributed by atoms with Gasteiger partial charge in [-0.25, -0.2) is 0 Å². The van der Waals surface area contributed by atoms with Crippen LogP contribution < -0.4 is 5.73 Å². The normalized spacial score (nSPS) is 11.0. The molecule has 0 aliphatic carbocycles. The second-order valence-electron chi connectivity index (χ2n) is 4.18. The molecular weight excluding hydrogens is 258 g/mol. The number of rotatable bonds is 3. The molecule has 0 amide bonds. The number of nitrogen functional groups attached to an aromatic ring is 1. The van der Waals surface area contributed by atoms with E-state index in [1.807, 2.05) is 37.5 Å². The number of pyridine rings is 1. The minimum absolute atomic E-state index is 0.432. The molecule has 5 nitrogen and oxygen atoms in total. The molecule has 1 aromatic carbocycles. The lowest BCUT2D eigenvalue weighted by molar-refractivity contribution is 0.796. The van der Waals surface area contributed by atoms with Gasteiger partial charge in [0.05, 0.1) is 5.52 Å². The molecule has 2 heterocycles. The van der Waals surface area contributed by atoms with E-state index in [0.717, 1.165) is 16.4 Å². The SMILES string of the molecule is Cn1c(N)nnc1SCc1ccnc2ccccc12. The third-order valence-corrected chi connectivity index (χ3v) is 4.03. The second-order valence-corrected chi connectivity index (χ2v) is 5.12. The number of hydrogen-bond donors (Lipinski definition) is 1. The monoisotopic (exact) mass is 271 g/mol. The van der Waals surface area contributed by atoms with Crippen LogP contribution >= 0.6 is 11.8 Å². The van der Waals surface area contributed by atoms with Gasteiger partial charge >= 0.3 is 0 Å². The van der Waals surface area contributed by atoms with Crippen molar-refractivity contribution < 1.29 is 0 Å². The molecule has 0 spiro atoms. The van der Waals surface area contributed by atoms with Crippen molar-refractivity contribution in [2.75, 3.05) is 5.73 Å². The number of fused-ring (bicyclic) bond motifs is 1. The molecule has 0 atom stereocenters. The average Bonchev–Trinajstić information content (AvgIpc) is 2.76. The summed E-state index contributed by atoms with van der Waals surface area (Å²) >= 11 is 1.62. The molecule has 3 rings (SSSR count). The van der Waals surface area contributed by atoms with Gasteiger partial charge in [-0.05, 0) is 17.7 Å². The Hall–Kier alpha value is -2.08. The number of benzene rings is 1. The molecule has 0 radical (unpaired) electrons. The van der Waals surface area contributed by atoms with E-state index in [4.69, 9.17) is 5.73 Å². The van der Waals surface area contributed by atoms with Gasteiger partial charge in [-0.3, -0.25) is 9.55 Å². The van der Waals surface area contributed by atoms with Crippen LogP contribution in [0.5, 0.6) is 0 Å². The Labute approximate surface area is 114 Å². The third kappa shape index (κ3) is 2.26. The van der Waals surface area contributed by atoms with Crippen LogP contribution in [0.2, 0.25) is 0 Å². The Bertz CT molecular complexity index is 717. The number of nitrogens with two attached hydrogens (primary N) is 1. The van der Waals surface area contributed by atoms with Crippen LogP contribution in [0.3, 0.4) is 0 Å². The highest BCUT2D eigenvalue weighted by Crippen LogP contribution is 2.25. The Morgan fingerprint density at radius 1 is 1.21 bits per heavy atom. The van der Waals surface area contributed by atoms with Crippen molar-refractivity contribution in [2.24, 2.45) is 7.05 Å². The summed E-state index contributed by atoms with van der Waals surface area (Å²) in [5.41, 5.74) is 7.91. The quantitative estimate of drug-likeness (QED) is 0.740. The zero-order valence-electron chi connectivity index (χ0n) is 10.4. The van der Waals surface area contributed by atoms with Crippen molar-refractivity contribution >= 4 is 28.6 Å². The lowest BCUT2D eigenvalue weighted by Crippen LogP contribution is -1.98. The first kappa shape index (κ1) is 12.0. The first-order chi connectivity index (χ1) is 9.25. The number of para-hydroxylation sites is 1. The summed E-state index contributed by atoms with van der Waals surface area (Å²) in [7, 11) is 1.86. The van der Waals surface area contributed by atoms with Crippen molar-refractivity contribution in [3.63, 3.8) is 0 Å². The zero-order chi connectivity index (χ0) is 13.2. The van der Waals surface area contributed by atoms with Gasteiger partial charge < -0.3 is 5.73 Å². The zero-order valence-corrected chi connectivity index (χ0v) is 11.3. The van der Waals surface area contributed by atoms with Crippen molar-refractivity contribution in [1.82, 2.24) is 19.7 Å². The maximum atomic E-state index is 5.67. The van der Waals surface area contributed by atoms with Gasteiger partial charge in [0.1, 0.15) is 0 Å². The van der Waals surface area contributed by atoms with Gasteiger partial charge in [0.15, 0.2) is 5.16 Å². The van der Waals surface area contributed by atoms with E-state index in [0.29, 0.717) is 5.95 Å². The molecular formula is C13H13N5S. The highest BCUT2D eigenvalue weighted by Gasteiger charge is 2.08. The van der Waals surface area contributed by atoms with E-state index in [1.165, 1.54) is 10.9 Å². The fourth-order valence-electron chi connectivity index (χ4n) is 1.88. The van der Waals surface area contributed by atoms with Gasteiger partial charge in [0.2, 0.25) is 5.95 Å². The Morgan fingerprint density at radius 2 is 2.05 bits per heavy atom. The van der Waals surface area contributed by atoms with Crippen molar-refractivity contribution in [1.29, 1.82) is 0 Å². The molecule has 6 heteroatoms. The third-order valence-electron chi connectivity index (χ3n) is 2.96. The van der Waals surface area contributed by atoms with E-state index >= 15 is 0 Å². The van der Waals surface area contributed by atoms with E-state index in [2.05, 4.69) is 21.2 Å². The van der Waals surface area contributed by atoms with Crippen LogP contribution in [0.15, 0.2) is 41.7 Å². The van der Waals surface area contributed by atoms with E-state index in [1.54, 1.807) is 16.3 Å². The molecule has 0 unspecified atom stereocenters. The van der Waals surface area contributed by atoms with E-state index < -0.39 is 0 Å². The summed E-state index contributed by atoms with van der Waals surface area (Å²) in [6.45, 7) is 0. The lowest BCUT2D eigenvalue weighted by Gasteiger charge is -2.05. The first-order valence-corrected chi connectivity index (χ1v) is 6.84. The Kier molecular flexibility index (Phi) is 3.08. The summed E-state index contributed by atoms with van der Waals surface area (Å²) < 4.78 is 1.79. The van der Waals surface area contributed by atoms with Crippen LogP contribution in [0.4, 0.5) is 5.95 Å². The largest absolute Gasteiger partial charge is 0.368 e. The smallest absolute Gasteiger partial charge is 0.222 e. The predicted molar refractivity (Wildman–Crippen MR) is 76.7 cm³/mol. The average molecular weight is 271 g/mol. The minimum atomic E-state index is 0.432. The predicted octanol–water partition coefficient (Wildman–Crippen LogP) is 2.24. The van der Waals surface area contributed by atoms with E-state index in [9.17, 15) is 0 Å². The highest BCUT2D eigenvalue weighted by atomic mass is 32.2. The number of anilines is 1. The van der Waals surface area contributed by atoms with Crippen LogP contribution in [-0.4, -0.2) is 19.7 Å². The molecule has 0 aliphatic rings. The topological polar surface area (TPSA) is 69.6 Å². The molecule has 0 saturated heterocycles. The van der Waals surface area contributed by atoms with Crippen LogP contribution in [0, 0.1) is 0 Å². The summed E-state index contributed by atoms with van der Waals surface area (Å²) in [5.74, 6) is 1.25. The fourth-order valence-corrected chi connectivity index (χ4v) is 2.80. The van der Waals surface area contributed by atoms with Crippen LogP contribution in [0.25, 0.3) is 10.9 Å². The molecule has 2 aromatic heterocycles. The van der Waals surface area contributed by atoms with Gasteiger partial charge in [0, 0.05) is 24.4 Å². The minimum Gasteiger partial charge on any atom is -0.368 e. The molecule has 0 saturated carbocycles. The summed E-state index contributed by atoms with van der Waals surface area (Å²) in [6, 6.07) is 10.2. The lowest BCUT2D eigenvalue weighted by atomic mass is 10.1. The fraction of sp³-hybridized carbons (Fsp3) is 0.154. The van der Waals surface area contributed by atoms with Gasteiger partial charge in [-0.15, -0.1) is 10.2 Å². The maximum absolute atomic E-state index is 5.67. The van der Waals surface area contributed by atoms with Crippen LogP contribution in [0.1, 0.15) is 5.56 Å². The highest BCUT2D eigenvalue weighted by molar-refractivity contribution is 7.98. The van der Waals surface area contributed by atoms with Crippen LogP contribution in [-0.2, 0) is 12.8 Å². The summed E-state index contributed by atoms with van der Waals surface area (Å²) in [6.07, 6.45) is 1.84. The second kappa shape index (κ2) is 4.89. The Morgan fingerprint density at radius 3 is 2.84 bits per heavy atom. The van der Waals surface area contributed by atoms with Crippen molar-refractivity contribution in [2.45, 2.75) is 10.9 Å². The molecule has 19 heavy (non-hydrogen) atoms. The van der Waals surface area contributed by atoms with Crippen molar-refractivity contribution in [3.8, 4) is 0 Å². The van der Waals surface area contributed by atoms with Crippen molar-refractivity contribution in [3.05, 3.63) is 42.1 Å². The number of hydrogen-bond acceptors (Lipinski definition) is 5. The number of nitrogens with zero attached hydrogens (tertiary/aromatic N) is 4. The maximum Gasteiger partial charge on any atom is 0.222 e. The van der Waals surface area contributed by atoms with Gasteiger partial charge in [-0.2, -0.15) is 0 Å². The first-order valence-electron chi connectivity index (χ1n) is 5.86. The molecule has 96 valence electrons. The molecule has 3 aromatic rings. The summed E-state index contributed by atoms with van der Waals surface area (Å²) in [5, 5.41) is 9.89. The molecule has 0 fully saturated rings.